The van der Waals surface area contributed by atoms with Crippen LogP contribution in [0.2, 0.25) is 0 Å². The maximum absolute atomic E-state index is 12.2. The molecule has 8 nitrogen and oxygen atoms in total. The van der Waals surface area contributed by atoms with Gasteiger partial charge in [0.2, 0.25) is 0 Å². The molecule has 0 saturated heterocycles. The van der Waals surface area contributed by atoms with Crippen LogP contribution in [0.15, 0.2) is 23.0 Å². The van der Waals surface area contributed by atoms with E-state index < -0.39 is 17.6 Å². The fraction of sp³-hybridized carbons (Fsp3) is 0.571. The SMILES string of the molecule is CCC(C)NC(=O)n1[nH]c2cccc(C(=O)O)c2c1=O.CCCCC(N)CCC. The number of carboxylic acids is 1. The fourth-order valence-electron chi connectivity index (χ4n) is 2.84. The molecule has 2 rings (SSSR count). The number of nitrogens with two attached hydrogens (primary N) is 1. The van der Waals surface area contributed by atoms with Crippen LogP contribution in [0.1, 0.15) is 76.6 Å². The van der Waals surface area contributed by atoms with Gasteiger partial charge < -0.3 is 16.2 Å². The number of benzene rings is 1. The third-order valence-electron chi connectivity index (χ3n) is 4.72. The molecule has 0 aliphatic heterocycles. The van der Waals surface area contributed by atoms with Crippen molar-refractivity contribution in [3.05, 3.63) is 34.1 Å². The van der Waals surface area contributed by atoms with E-state index in [2.05, 4.69) is 24.3 Å². The Bertz CT molecular complexity index is 856. The molecule has 5 N–H and O–H groups in total. The van der Waals surface area contributed by atoms with E-state index in [1.54, 1.807) is 6.07 Å². The van der Waals surface area contributed by atoms with Gasteiger partial charge in [-0.1, -0.05) is 46.1 Å². The minimum absolute atomic E-state index is 0.000647. The Balaban J connectivity index is 0.000000396. The number of aromatic nitrogens is 2. The van der Waals surface area contributed by atoms with Gasteiger partial charge in [-0.2, -0.15) is 4.68 Å². The first-order valence-electron chi connectivity index (χ1n) is 10.3. The molecular weight excluding hydrogens is 372 g/mol. The molecule has 1 heterocycles. The summed E-state index contributed by atoms with van der Waals surface area (Å²) in [5, 5.41) is 14.3. The molecule has 8 heteroatoms. The largest absolute Gasteiger partial charge is 0.478 e. The number of aromatic amines is 1. The van der Waals surface area contributed by atoms with Crippen molar-refractivity contribution in [1.82, 2.24) is 15.1 Å². The van der Waals surface area contributed by atoms with Crippen molar-refractivity contribution >= 4 is 22.9 Å². The molecule has 29 heavy (non-hydrogen) atoms. The van der Waals surface area contributed by atoms with Crippen molar-refractivity contribution < 1.29 is 14.7 Å². The zero-order valence-electron chi connectivity index (χ0n) is 17.8. The van der Waals surface area contributed by atoms with Gasteiger partial charge in [0.25, 0.3) is 5.56 Å². The summed E-state index contributed by atoms with van der Waals surface area (Å²) < 4.78 is 0.795. The second-order valence-corrected chi connectivity index (χ2v) is 7.24. The number of amides is 1. The van der Waals surface area contributed by atoms with Gasteiger partial charge in [-0.25, -0.2) is 9.59 Å². The van der Waals surface area contributed by atoms with E-state index in [0.29, 0.717) is 11.6 Å². The molecule has 2 unspecified atom stereocenters. The molecule has 0 fully saturated rings. The van der Waals surface area contributed by atoms with Gasteiger partial charge in [-0.05, 0) is 38.3 Å². The van der Waals surface area contributed by atoms with Crippen LogP contribution in [-0.2, 0) is 0 Å². The third-order valence-corrected chi connectivity index (χ3v) is 4.72. The van der Waals surface area contributed by atoms with E-state index in [9.17, 15) is 14.4 Å². The molecule has 162 valence electrons. The molecule has 1 aromatic carbocycles. The number of H-pyrrole nitrogens is 1. The van der Waals surface area contributed by atoms with E-state index in [0.717, 1.165) is 11.1 Å². The lowest BCUT2D eigenvalue weighted by Gasteiger charge is -2.10. The maximum Gasteiger partial charge on any atom is 0.343 e. The highest BCUT2D eigenvalue weighted by Crippen LogP contribution is 2.13. The zero-order valence-corrected chi connectivity index (χ0v) is 17.8. The van der Waals surface area contributed by atoms with Crippen molar-refractivity contribution in [2.45, 2.75) is 78.3 Å². The Morgan fingerprint density at radius 2 is 1.90 bits per heavy atom. The summed E-state index contributed by atoms with van der Waals surface area (Å²) >= 11 is 0. The summed E-state index contributed by atoms with van der Waals surface area (Å²) in [5.41, 5.74) is 5.29. The maximum atomic E-state index is 12.2. The van der Waals surface area contributed by atoms with Gasteiger partial charge in [0.15, 0.2) is 0 Å². The van der Waals surface area contributed by atoms with E-state index in [-0.39, 0.29) is 17.0 Å². The highest BCUT2D eigenvalue weighted by molar-refractivity contribution is 6.03. The molecule has 1 amide bonds. The molecule has 2 aromatic rings. The summed E-state index contributed by atoms with van der Waals surface area (Å²) in [4.78, 5) is 35.2. The Labute approximate surface area is 171 Å². The molecule has 1 aromatic heterocycles. The number of hydrogen-bond acceptors (Lipinski definition) is 4. The van der Waals surface area contributed by atoms with Crippen LogP contribution >= 0.6 is 0 Å². The molecular formula is C21H34N4O4. The van der Waals surface area contributed by atoms with Gasteiger partial charge >= 0.3 is 12.0 Å². The minimum Gasteiger partial charge on any atom is -0.478 e. The van der Waals surface area contributed by atoms with Crippen LogP contribution in [0.3, 0.4) is 0 Å². The molecule has 0 saturated carbocycles. The van der Waals surface area contributed by atoms with Crippen LogP contribution in [0.5, 0.6) is 0 Å². The molecule has 0 aliphatic rings. The van der Waals surface area contributed by atoms with Gasteiger partial charge in [0.05, 0.1) is 16.5 Å². The van der Waals surface area contributed by atoms with Crippen molar-refractivity contribution in [2.24, 2.45) is 5.73 Å². The predicted molar refractivity (Wildman–Crippen MR) is 116 cm³/mol. The number of hydrogen-bond donors (Lipinski definition) is 4. The topological polar surface area (TPSA) is 130 Å². The number of carbonyl (C=O) groups excluding carboxylic acids is 1. The van der Waals surface area contributed by atoms with Gasteiger partial charge in [0, 0.05) is 12.1 Å². The number of nitrogens with one attached hydrogen (secondary N) is 2. The molecule has 0 aliphatic carbocycles. The molecule has 0 radical (unpaired) electrons. The number of carboxylic acid groups (broad SMARTS) is 1. The second-order valence-electron chi connectivity index (χ2n) is 7.24. The van der Waals surface area contributed by atoms with Crippen molar-refractivity contribution in [3.63, 3.8) is 0 Å². The summed E-state index contributed by atoms with van der Waals surface area (Å²) in [6.07, 6.45) is 6.93. The van der Waals surface area contributed by atoms with E-state index >= 15 is 0 Å². The number of fused-ring (bicyclic) bond motifs is 1. The Morgan fingerprint density at radius 3 is 2.45 bits per heavy atom. The standard InChI is InChI=1S/C13H15N3O4.C8H19N/c1-3-7(2)14-13(20)16-11(17)10-8(12(18)19)5-4-6-9(10)15-16;1-3-5-7-8(9)6-4-2/h4-7,15H,3H2,1-2H3,(H,14,20)(H,18,19);8H,3-7,9H2,1-2H3. The third kappa shape index (κ3) is 7.05. The normalized spacial score (nSPS) is 12.7. The Morgan fingerprint density at radius 1 is 1.21 bits per heavy atom. The first-order chi connectivity index (χ1) is 13.8. The lowest BCUT2D eigenvalue weighted by atomic mass is 10.1. The molecule has 0 bridgehead atoms. The highest BCUT2D eigenvalue weighted by atomic mass is 16.4. The summed E-state index contributed by atoms with van der Waals surface area (Å²) in [7, 11) is 0. The van der Waals surface area contributed by atoms with E-state index in [4.69, 9.17) is 10.8 Å². The van der Waals surface area contributed by atoms with Crippen LogP contribution in [-0.4, -0.2) is 39.0 Å². The first-order valence-corrected chi connectivity index (χ1v) is 10.3. The van der Waals surface area contributed by atoms with E-state index in [1.807, 2.05) is 13.8 Å². The number of nitrogens with zero attached hydrogens (tertiary/aromatic N) is 1. The number of rotatable bonds is 8. The number of unbranched alkanes of at least 4 members (excludes halogenated alkanes) is 1. The van der Waals surface area contributed by atoms with Crippen LogP contribution in [0, 0.1) is 0 Å². The summed E-state index contributed by atoms with van der Waals surface area (Å²) in [6, 6.07) is 4.18. The lowest BCUT2D eigenvalue weighted by molar-refractivity contribution is 0.0699. The highest BCUT2D eigenvalue weighted by Gasteiger charge is 2.19. The number of carbonyl (C=O) groups is 2. The van der Waals surface area contributed by atoms with Crippen molar-refractivity contribution in [2.75, 3.05) is 0 Å². The minimum atomic E-state index is -1.21. The summed E-state index contributed by atoms with van der Waals surface area (Å²) in [5.74, 6) is -1.21. The van der Waals surface area contributed by atoms with Crippen LogP contribution in [0.4, 0.5) is 4.79 Å². The summed E-state index contributed by atoms with van der Waals surface area (Å²) in [6.45, 7) is 8.11. The predicted octanol–water partition coefficient (Wildman–Crippen LogP) is 3.69. The van der Waals surface area contributed by atoms with E-state index in [1.165, 1.54) is 44.2 Å². The van der Waals surface area contributed by atoms with Gasteiger partial charge in [0.1, 0.15) is 0 Å². The Kier molecular flexibility index (Phi) is 10.2. The van der Waals surface area contributed by atoms with Crippen LogP contribution < -0.4 is 16.6 Å². The first kappa shape index (κ1) is 24.4. The Hall–Kier alpha value is -2.61. The fourth-order valence-corrected chi connectivity index (χ4v) is 2.84. The number of aromatic carboxylic acids is 1. The smallest absolute Gasteiger partial charge is 0.343 e. The second kappa shape index (κ2) is 12.1. The monoisotopic (exact) mass is 406 g/mol. The zero-order chi connectivity index (χ0) is 22.0. The van der Waals surface area contributed by atoms with Gasteiger partial charge in [-0.3, -0.25) is 9.89 Å². The van der Waals surface area contributed by atoms with Crippen LogP contribution in [0.25, 0.3) is 10.9 Å². The van der Waals surface area contributed by atoms with Crippen molar-refractivity contribution in [3.8, 4) is 0 Å². The molecule has 2 atom stereocenters. The average molecular weight is 407 g/mol. The van der Waals surface area contributed by atoms with Gasteiger partial charge in [-0.15, -0.1) is 0 Å². The average Bonchev–Trinajstić information content (AvgIpc) is 3.03. The lowest BCUT2D eigenvalue weighted by Crippen LogP contribution is -2.40. The molecule has 0 spiro atoms. The van der Waals surface area contributed by atoms with Crippen molar-refractivity contribution in [1.29, 1.82) is 0 Å². The quantitative estimate of drug-likeness (QED) is 0.531.